The van der Waals surface area contributed by atoms with Gasteiger partial charge in [-0.25, -0.2) is 0 Å². The maximum atomic E-state index is 9.56. The summed E-state index contributed by atoms with van der Waals surface area (Å²) >= 11 is 0. The van der Waals surface area contributed by atoms with Crippen LogP contribution in [0.15, 0.2) is 81.0 Å². The molecule has 0 radical (unpaired) electrons. The van der Waals surface area contributed by atoms with E-state index in [1.54, 1.807) is 36.5 Å². The van der Waals surface area contributed by atoms with E-state index < -0.39 is 5.41 Å². The lowest BCUT2D eigenvalue weighted by Gasteiger charge is -2.32. The number of aliphatic hydroxyl groups excluding tert-OH is 1. The molecule has 0 aromatic rings. The lowest BCUT2D eigenvalue weighted by molar-refractivity contribution is -0.0978. The molecule has 0 fully saturated rings. The first-order chi connectivity index (χ1) is 24.0. The highest BCUT2D eigenvalue weighted by molar-refractivity contribution is 4.83. The van der Waals surface area contributed by atoms with Gasteiger partial charge in [0.1, 0.15) is 0 Å². The van der Waals surface area contributed by atoms with Crippen LogP contribution >= 0.6 is 0 Å². The van der Waals surface area contributed by atoms with Gasteiger partial charge in [-0.15, -0.1) is 39.5 Å². The molecule has 0 rings (SSSR count). The maximum absolute atomic E-state index is 9.56. The average Bonchev–Trinajstić information content (AvgIpc) is 3.11. The molecule has 0 unspecified atom stereocenters. The van der Waals surface area contributed by atoms with Gasteiger partial charge in [0, 0.05) is 18.1 Å². The van der Waals surface area contributed by atoms with Crippen molar-refractivity contribution in [1.82, 2.24) is 0 Å². The smallest absolute Gasteiger partial charge is 0.0645 e. The summed E-state index contributed by atoms with van der Waals surface area (Å²) < 4.78 is 39.5. The Labute approximate surface area is 297 Å². The third-order valence-electron chi connectivity index (χ3n) is 6.97. The van der Waals surface area contributed by atoms with E-state index in [2.05, 4.69) is 49.5 Å². The monoisotopic (exact) mass is 693 g/mol. The van der Waals surface area contributed by atoms with Crippen molar-refractivity contribution in [3.05, 3.63) is 86.4 Å². The molecule has 0 atom stereocenters. The van der Waals surface area contributed by atoms with Gasteiger partial charge in [0.25, 0.3) is 0 Å². The Hall–Kier alpha value is -2.57. The molecule has 0 aliphatic rings. The molecule has 0 amide bonds. The fourth-order valence-electron chi connectivity index (χ4n) is 4.45. The van der Waals surface area contributed by atoms with Gasteiger partial charge in [-0.05, 0) is 18.4 Å². The van der Waals surface area contributed by atoms with Crippen LogP contribution in [0.3, 0.4) is 0 Å². The maximum Gasteiger partial charge on any atom is 0.0645 e. The third kappa shape index (κ3) is 31.2. The van der Waals surface area contributed by atoms with E-state index in [0.717, 1.165) is 25.9 Å². The van der Waals surface area contributed by atoms with Crippen LogP contribution in [0.5, 0.6) is 0 Å². The van der Waals surface area contributed by atoms with Gasteiger partial charge in [-0.3, -0.25) is 0 Å². The van der Waals surface area contributed by atoms with Crippen molar-refractivity contribution in [1.29, 1.82) is 0 Å². The fraction of sp³-hybridized carbons (Fsp3) is 0.684. The molecule has 0 saturated heterocycles. The Morgan fingerprint density at radius 3 is 1.10 bits per heavy atom. The number of hydrogen-bond donors (Lipinski definition) is 1. The van der Waals surface area contributed by atoms with Crippen molar-refractivity contribution in [2.45, 2.75) is 51.4 Å². The quantitative estimate of drug-likeness (QED) is 0.0230. The Kier molecular flexibility index (Phi) is 37.9. The summed E-state index contributed by atoms with van der Waals surface area (Å²) in [5.74, 6) is 0. The van der Waals surface area contributed by atoms with Crippen molar-refractivity contribution in [2.75, 3.05) is 106 Å². The van der Waals surface area contributed by atoms with Gasteiger partial charge < -0.3 is 38.3 Å². The van der Waals surface area contributed by atoms with Gasteiger partial charge in [0.2, 0.25) is 0 Å². The first-order valence-corrected chi connectivity index (χ1v) is 17.3. The average molecular weight is 694 g/mol. The Morgan fingerprint density at radius 2 is 0.776 bits per heavy atom. The predicted octanol–water partition coefficient (Wildman–Crippen LogP) is 7.60. The Morgan fingerprint density at radius 1 is 0.469 bits per heavy atom. The minimum absolute atomic E-state index is 0.0710. The number of aliphatic hydroxyl groups is 1. The third-order valence-corrected chi connectivity index (χ3v) is 6.97. The van der Waals surface area contributed by atoms with Crippen LogP contribution in [0.25, 0.3) is 10.4 Å². The molecule has 0 saturated carbocycles. The molecule has 0 spiro atoms. The summed E-state index contributed by atoms with van der Waals surface area (Å²) in [4.78, 5) is 2.77. The van der Waals surface area contributed by atoms with Crippen molar-refractivity contribution >= 4 is 0 Å². The number of azide groups is 1. The molecule has 0 aromatic heterocycles. The molecule has 11 nitrogen and oxygen atoms in total. The largest absolute Gasteiger partial charge is 0.396 e. The summed E-state index contributed by atoms with van der Waals surface area (Å²) in [5.41, 5.74) is 7.31. The van der Waals surface area contributed by atoms with Crippen molar-refractivity contribution < 1.29 is 38.3 Å². The minimum atomic E-state index is -0.560. The normalized spacial score (nSPS) is 11.1. The van der Waals surface area contributed by atoms with Gasteiger partial charge in [-0.2, -0.15) is 0 Å². The fourth-order valence-corrected chi connectivity index (χ4v) is 4.45. The standard InChI is InChI=1S/C24H43N3O4.C14H24O4/c1-4-16-28-20-24(21-29-17-5-2,22-30-18-6-3)23-31-19-14-12-10-8-7-9-11-13-15-26-27-25;1-4-7-16-11-14(10-15,12-17-8-5-2)13-18-9-6-3/h4-6H,1-3,7-23H2;4-6,15H,1-3,7-13H2. The molecular weight excluding hydrogens is 626 g/mol. The Balaban J connectivity index is 0. The van der Waals surface area contributed by atoms with E-state index in [9.17, 15) is 5.11 Å². The van der Waals surface area contributed by atoms with Gasteiger partial charge in [-0.1, -0.05) is 80.1 Å². The SMILES string of the molecule is C=CCOCC(CO)(COCC=C)COCC=C.C=CCOCC(COCC=C)(COCC=C)COCCCCCCCCCCN=[N+]=[N-]. The van der Waals surface area contributed by atoms with E-state index in [1.165, 1.54) is 32.1 Å². The first kappa shape index (κ1) is 48.5. The summed E-state index contributed by atoms with van der Waals surface area (Å²) in [5, 5.41) is 13.1. The second-order valence-corrected chi connectivity index (χ2v) is 11.8. The highest BCUT2D eigenvalue weighted by atomic mass is 16.5. The molecule has 1 N–H and O–H groups in total. The topological polar surface area (TPSA) is 134 Å². The van der Waals surface area contributed by atoms with E-state index in [0.29, 0.717) is 92.4 Å². The second kappa shape index (κ2) is 38.2. The van der Waals surface area contributed by atoms with E-state index in [-0.39, 0.29) is 12.0 Å². The molecule has 0 aliphatic carbocycles. The summed E-state index contributed by atoms with van der Waals surface area (Å²) in [7, 11) is 0. The first-order valence-electron chi connectivity index (χ1n) is 17.3. The van der Waals surface area contributed by atoms with Crippen molar-refractivity contribution in [2.24, 2.45) is 15.9 Å². The highest BCUT2D eigenvalue weighted by Crippen LogP contribution is 2.22. The number of nitrogens with zero attached hydrogens (tertiary/aromatic N) is 3. The van der Waals surface area contributed by atoms with Crippen molar-refractivity contribution in [3.8, 4) is 0 Å². The molecule has 0 heterocycles. The molecular formula is C38H67N3O8. The van der Waals surface area contributed by atoms with Crippen LogP contribution in [0.2, 0.25) is 0 Å². The minimum Gasteiger partial charge on any atom is -0.396 e. The van der Waals surface area contributed by atoms with Crippen LogP contribution in [0.1, 0.15) is 51.4 Å². The molecule has 0 aromatic carbocycles. The molecule has 0 bridgehead atoms. The molecule has 49 heavy (non-hydrogen) atoms. The van der Waals surface area contributed by atoms with Gasteiger partial charge in [0.15, 0.2) is 0 Å². The lowest BCUT2D eigenvalue weighted by atomic mass is 9.92. The van der Waals surface area contributed by atoms with Gasteiger partial charge in [0.05, 0.1) is 103 Å². The van der Waals surface area contributed by atoms with Gasteiger partial charge >= 0.3 is 0 Å². The molecule has 0 aliphatic heterocycles. The molecule has 282 valence electrons. The van der Waals surface area contributed by atoms with Crippen LogP contribution in [-0.4, -0.2) is 111 Å². The summed E-state index contributed by atoms with van der Waals surface area (Å²) in [6, 6.07) is 0. The van der Waals surface area contributed by atoms with Crippen LogP contribution in [-0.2, 0) is 33.2 Å². The van der Waals surface area contributed by atoms with E-state index >= 15 is 0 Å². The highest BCUT2D eigenvalue weighted by Gasteiger charge is 2.32. The van der Waals surface area contributed by atoms with Crippen LogP contribution in [0.4, 0.5) is 0 Å². The zero-order valence-electron chi connectivity index (χ0n) is 30.3. The zero-order valence-corrected chi connectivity index (χ0v) is 30.3. The van der Waals surface area contributed by atoms with E-state index in [4.69, 9.17) is 38.7 Å². The lowest BCUT2D eigenvalue weighted by Crippen LogP contribution is -2.42. The number of rotatable bonds is 38. The number of unbranched alkanes of at least 4 members (excludes halogenated alkanes) is 7. The van der Waals surface area contributed by atoms with Crippen LogP contribution < -0.4 is 0 Å². The second-order valence-electron chi connectivity index (χ2n) is 11.8. The zero-order chi connectivity index (χ0) is 36.6. The molecule has 11 heteroatoms. The predicted molar refractivity (Wildman–Crippen MR) is 200 cm³/mol. The van der Waals surface area contributed by atoms with E-state index in [1.807, 2.05) is 0 Å². The number of hydrogen-bond acceptors (Lipinski definition) is 9. The van der Waals surface area contributed by atoms with Crippen LogP contribution in [0, 0.1) is 10.8 Å². The number of ether oxygens (including phenoxy) is 7. The Bertz CT molecular complexity index is 792. The summed E-state index contributed by atoms with van der Waals surface area (Å²) in [6.45, 7) is 28.9. The summed E-state index contributed by atoms with van der Waals surface area (Å²) in [6.07, 6.45) is 19.4. The van der Waals surface area contributed by atoms with Crippen molar-refractivity contribution in [3.63, 3.8) is 0 Å².